The fourth-order valence-electron chi connectivity index (χ4n) is 3.75. The summed E-state index contributed by atoms with van der Waals surface area (Å²) in [5.41, 5.74) is 10.00. The number of benzene rings is 1. The van der Waals surface area contributed by atoms with Crippen LogP contribution in [0.1, 0.15) is 17.3 Å². The zero-order valence-electron chi connectivity index (χ0n) is 12.3. The lowest BCUT2D eigenvalue weighted by molar-refractivity contribution is 0.226. The molecule has 4 nitrogen and oxygen atoms in total. The van der Waals surface area contributed by atoms with Crippen molar-refractivity contribution in [3.63, 3.8) is 0 Å². The largest absolute Gasteiger partial charge is 0.360 e. The number of piperazine rings is 1. The van der Waals surface area contributed by atoms with Crippen LogP contribution in [0.15, 0.2) is 42.6 Å². The first-order chi connectivity index (χ1) is 10.4. The van der Waals surface area contributed by atoms with E-state index >= 15 is 0 Å². The Hall–Kier alpha value is -1.78. The van der Waals surface area contributed by atoms with E-state index in [9.17, 15) is 0 Å². The summed E-state index contributed by atoms with van der Waals surface area (Å²) in [4.78, 5) is 5.08. The summed E-state index contributed by atoms with van der Waals surface area (Å²) in [6.45, 7) is 5.95. The van der Waals surface area contributed by atoms with Crippen LogP contribution in [0, 0.1) is 0 Å². The van der Waals surface area contributed by atoms with Gasteiger partial charge in [-0.2, -0.15) is 0 Å². The summed E-state index contributed by atoms with van der Waals surface area (Å²) in [5.74, 6) is 0. The maximum atomic E-state index is 5.75. The number of nitrogens with zero attached hydrogens (tertiary/aromatic N) is 3. The molecule has 2 aliphatic rings. The van der Waals surface area contributed by atoms with Crippen molar-refractivity contribution in [2.45, 2.75) is 12.6 Å². The molecule has 0 bridgehead atoms. The molecule has 21 heavy (non-hydrogen) atoms. The van der Waals surface area contributed by atoms with Gasteiger partial charge in [0.25, 0.3) is 0 Å². The quantitative estimate of drug-likeness (QED) is 0.910. The standard InChI is InChI=1S/C17H22N4/c18-7-9-19-10-11-21-15-5-2-1-4-14(15)12-20-8-3-6-16(20)17(21)13-19/h1-6,8,17H,7,9-13,18H2/t17-/m0/s1. The van der Waals surface area contributed by atoms with E-state index in [2.05, 4.69) is 57.0 Å². The summed E-state index contributed by atoms with van der Waals surface area (Å²) in [7, 11) is 0. The molecule has 1 aromatic heterocycles. The van der Waals surface area contributed by atoms with Crippen LogP contribution >= 0.6 is 0 Å². The molecule has 0 unspecified atom stereocenters. The summed E-state index contributed by atoms with van der Waals surface area (Å²) < 4.78 is 2.40. The highest BCUT2D eigenvalue weighted by atomic mass is 15.3. The van der Waals surface area contributed by atoms with Crippen molar-refractivity contribution in [1.82, 2.24) is 9.47 Å². The van der Waals surface area contributed by atoms with Gasteiger partial charge in [-0.15, -0.1) is 0 Å². The van der Waals surface area contributed by atoms with E-state index in [1.165, 1.54) is 16.9 Å². The van der Waals surface area contributed by atoms with Gasteiger partial charge in [0.2, 0.25) is 0 Å². The van der Waals surface area contributed by atoms with Crippen molar-refractivity contribution < 1.29 is 0 Å². The number of para-hydroxylation sites is 1. The van der Waals surface area contributed by atoms with Crippen LogP contribution in [-0.4, -0.2) is 42.2 Å². The Kier molecular flexibility index (Phi) is 3.20. The first-order valence-electron chi connectivity index (χ1n) is 7.79. The van der Waals surface area contributed by atoms with Crippen LogP contribution in [0.3, 0.4) is 0 Å². The van der Waals surface area contributed by atoms with E-state index in [0.717, 1.165) is 39.3 Å². The highest BCUT2D eigenvalue weighted by Crippen LogP contribution is 2.36. The Morgan fingerprint density at radius 1 is 1.10 bits per heavy atom. The molecule has 0 spiro atoms. The zero-order chi connectivity index (χ0) is 14.2. The second kappa shape index (κ2) is 5.20. The molecule has 2 N–H and O–H groups in total. The minimum absolute atomic E-state index is 0.434. The number of anilines is 1. The van der Waals surface area contributed by atoms with E-state index in [0.29, 0.717) is 6.04 Å². The Balaban J connectivity index is 1.77. The third kappa shape index (κ3) is 2.15. The van der Waals surface area contributed by atoms with Crippen LogP contribution in [0.25, 0.3) is 0 Å². The SMILES string of the molecule is NCCN1CCN2c3ccccc3Cn3cccc3[C@@H]2C1. The topological polar surface area (TPSA) is 37.4 Å². The van der Waals surface area contributed by atoms with Crippen molar-refractivity contribution in [2.75, 3.05) is 37.6 Å². The van der Waals surface area contributed by atoms with Crippen LogP contribution < -0.4 is 10.6 Å². The third-order valence-corrected chi connectivity index (χ3v) is 4.76. The minimum atomic E-state index is 0.434. The lowest BCUT2D eigenvalue weighted by Gasteiger charge is -2.42. The minimum Gasteiger partial charge on any atom is -0.360 e. The summed E-state index contributed by atoms with van der Waals surface area (Å²) in [6.07, 6.45) is 2.21. The van der Waals surface area contributed by atoms with Gasteiger partial charge in [0.15, 0.2) is 0 Å². The second-order valence-corrected chi connectivity index (χ2v) is 5.99. The number of rotatable bonds is 2. The molecule has 4 rings (SSSR count). The highest BCUT2D eigenvalue weighted by molar-refractivity contribution is 5.57. The zero-order valence-corrected chi connectivity index (χ0v) is 12.3. The monoisotopic (exact) mass is 282 g/mol. The van der Waals surface area contributed by atoms with Crippen molar-refractivity contribution in [2.24, 2.45) is 5.73 Å². The normalized spacial score (nSPS) is 21.4. The molecule has 0 saturated carbocycles. The second-order valence-electron chi connectivity index (χ2n) is 5.99. The fraction of sp³-hybridized carbons (Fsp3) is 0.412. The van der Waals surface area contributed by atoms with Crippen molar-refractivity contribution in [3.8, 4) is 0 Å². The predicted molar refractivity (Wildman–Crippen MR) is 85.6 cm³/mol. The number of fused-ring (bicyclic) bond motifs is 5. The van der Waals surface area contributed by atoms with Crippen LogP contribution in [0.5, 0.6) is 0 Å². The predicted octanol–water partition coefficient (Wildman–Crippen LogP) is 1.67. The lowest BCUT2D eigenvalue weighted by atomic mass is 10.1. The lowest BCUT2D eigenvalue weighted by Crippen LogP contribution is -2.49. The smallest absolute Gasteiger partial charge is 0.0821 e. The van der Waals surface area contributed by atoms with E-state index < -0.39 is 0 Å². The summed E-state index contributed by atoms with van der Waals surface area (Å²) in [5, 5.41) is 0. The molecule has 0 aliphatic carbocycles. The van der Waals surface area contributed by atoms with Crippen molar-refractivity contribution in [1.29, 1.82) is 0 Å². The molecule has 0 radical (unpaired) electrons. The van der Waals surface area contributed by atoms with Gasteiger partial charge >= 0.3 is 0 Å². The Morgan fingerprint density at radius 3 is 2.90 bits per heavy atom. The molecule has 1 fully saturated rings. The van der Waals surface area contributed by atoms with Crippen LogP contribution in [-0.2, 0) is 6.54 Å². The molecule has 110 valence electrons. The van der Waals surface area contributed by atoms with Crippen LogP contribution in [0.2, 0.25) is 0 Å². The van der Waals surface area contributed by atoms with E-state index in [-0.39, 0.29) is 0 Å². The Labute approximate surface area is 125 Å². The molecular weight excluding hydrogens is 260 g/mol. The van der Waals surface area contributed by atoms with Gasteiger partial charge in [0.05, 0.1) is 6.04 Å². The molecular formula is C17H22N4. The molecule has 1 aromatic carbocycles. The average Bonchev–Trinajstić information content (AvgIpc) is 2.92. The van der Waals surface area contributed by atoms with Gasteiger partial charge in [0.1, 0.15) is 0 Å². The van der Waals surface area contributed by atoms with Gasteiger partial charge in [-0.25, -0.2) is 0 Å². The van der Waals surface area contributed by atoms with Gasteiger partial charge in [-0.3, -0.25) is 4.90 Å². The molecule has 1 saturated heterocycles. The van der Waals surface area contributed by atoms with Gasteiger partial charge < -0.3 is 15.2 Å². The van der Waals surface area contributed by atoms with Gasteiger partial charge in [0, 0.05) is 56.8 Å². The highest BCUT2D eigenvalue weighted by Gasteiger charge is 2.32. The summed E-state index contributed by atoms with van der Waals surface area (Å²) in [6, 6.07) is 13.7. The molecule has 4 heteroatoms. The molecule has 2 aromatic rings. The number of hydrogen-bond acceptors (Lipinski definition) is 3. The third-order valence-electron chi connectivity index (χ3n) is 4.76. The maximum Gasteiger partial charge on any atom is 0.0821 e. The van der Waals surface area contributed by atoms with Gasteiger partial charge in [-0.1, -0.05) is 18.2 Å². The van der Waals surface area contributed by atoms with Gasteiger partial charge in [-0.05, 0) is 23.8 Å². The van der Waals surface area contributed by atoms with E-state index in [4.69, 9.17) is 5.73 Å². The molecule has 0 amide bonds. The number of hydrogen-bond donors (Lipinski definition) is 1. The van der Waals surface area contributed by atoms with E-state index in [1.54, 1.807) is 0 Å². The molecule has 3 heterocycles. The molecule has 1 atom stereocenters. The first kappa shape index (κ1) is 12.9. The fourth-order valence-corrected chi connectivity index (χ4v) is 3.75. The van der Waals surface area contributed by atoms with Crippen molar-refractivity contribution >= 4 is 5.69 Å². The van der Waals surface area contributed by atoms with E-state index in [1.807, 2.05) is 0 Å². The van der Waals surface area contributed by atoms with Crippen LogP contribution in [0.4, 0.5) is 5.69 Å². The first-order valence-corrected chi connectivity index (χ1v) is 7.79. The number of aromatic nitrogens is 1. The number of nitrogens with two attached hydrogens (primary N) is 1. The Morgan fingerprint density at radius 2 is 2.00 bits per heavy atom. The maximum absolute atomic E-state index is 5.75. The summed E-state index contributed by atoms with van der Waals surface area (Å²) >= 11 is 0. The average molecular weight is 282 g/mol. The Bertz CT molecular complexity index is 633. The molecule has 2 aliphatic heterocycles. The van der Waals surface area contributed by atoms with Crippen molar-refractivity contribution in [3.05, 3.63) is 53.9 Å².